The highest BCUT2D eigenvalue weighted by Crippen LogP contribution is 2.19. The number of carbonyl (C=O) groups excluding carboxylic acids is 1. The van der Waals surface area contributed by atoms with E-state index in [2.05, 4.69) is 16.2 Å². The van der Waals surface area contributed by atoms with Gasteiger partial charge < -0.3 is 9.42 Å². The van der Waals surface area contributed by atoms with E-state index in [4.69, 9.17) is 16.1 Å². The lowest BCUT2D eigenvalue weighted by atomic mass is 10.0. The Hall–Kier alpha value is -2.66. The predicted molar refractivity (Wildman–Crippen MR) is 101 cm³/mol. The van der Waals surface area contributed by atoms with Gasteiger partial charge in [0.05, 0.1) is 13.0 Å². The molecule has 0 N–H and O–H groups in total. The van der Waals surface area contributed by atoms with Gasteiger partial charge in [0, 0.05) is 17.6 Å². The fourth-order valence-corrected chi connectivity index (χ4v) is 2.79. The van der Waals surface area contributed by atoms with Crippen LogP contribution in [0.5, 0.6) is 0 Å². The molecule has 0 aliphatic heterocycles. The molecule has 1 amide bonds. The van der Waals surface area contributed by atoms with Gasteiger partial charge in [-0.2, -0.15) is 4.98 Å². The van der Waals surface area contributed by atoms with Gasteiger partial charge in [0.1, 0.15) is 0 Å². The molecule has 3 aromatic rings. The van der Waals surface area contributed by atoms with E-state index in [0.29, 0.717) is 23.2 Å². The van der Waals surface area contributed by atoms with Crippen molar-refractivity contribution in [2.24, 2.45) is 0 Å². The van der Waals surface area contributed by atoms with Crippen LogP contribution in [0, 0.1) is 13.8 Å². The predicted octanol–water partition coefficient (Wildman–Crippen LogP) is 4.21. The monoisotopic (exact) mass is 369 g/mol. The van der Waals surface area contributed by atoms with Gasteiger partial charge in [-0.15, -0.1) is 0 Å². The van der Waals surface area contributed by atoms with E-state index in [1.54, 1.807) is 24.1 Å². The van der Waals surface area contributed by atoms with Crippen molar-refractivity contribution in [2.45, 2.75) is 26.8 Å². The topological polar surface area (TPSA) is 59.2 Å². The molecule has 0 radical (unpaired) electrons. The van der Waals surface area contributed by atoms with E-state index in [1.165, 1.54) is 5.56 Å². The van der Waals surface area contributed by atoms with Crippen LogP contribution in [0.2, 0.25) is 5.02 Å². The average Bonchev–Trinajstić information content (AvgIpc) is 3.06. The summed E-state index contributed by atoms with van der Waals surface area (Å²) in [5.74, 6) is 0.876. The van der Waals surface area contributed by atoms with Gasteiger partial charge in [0.15, 0.2) is 0 Å². The summed E-state index contributed by atoms with van der Waals surface area (Å²) in [6.45, 7) is 4.33. The fourth-order valence-electron chi connectivity index (χ4n) is 2.67. The van der Waals surface area contributed by atoms with Crippen molar-refractivity contribution in [2.75, 3.05) is 7.05 Å². The summed E-state index contributed by atoms with van der Waals surface area (Å²) in [5.41, 5.74) is 4.15. The Morgan fingerprint density at radius 1 is 1.15 bits per heavy atom. The van der Waals surface area contributed by atoms with Crippen molar-refractivity contribution in [1.82, 2.24) is 15.0 Å². The van der Waals surface area contributed by atoms with Crippen LogP contribution in [0.1, 0.15) is 22.6 Å². The zero-order valence-corrected chi connectivity index (χ0v) is 15.7. The molecule has 0 atom stereocenters. The van der Waals surface area contributed by atoms with Gasteiger partial charge in [-0.1, -0.05) is 40.5 Å². The first-order valence-corrected chi connectivity index (χ1v) is 8.69. The SMILES string of the molecule is Cc1ccc(CC(=O)N(C)Cc2nc(-c3ccc(Cl)cc3)no2)c(C)c1. The molecule has 1 aromatic heterocycles. The minimum absolute atomic E-state index is 0.00296. The minimum Gasteiger partial charge on any atom is -0.337 e. The first-order valence-electron chi connectivity index (χ1n) is 8.31. The molecule has 0 saturated carbocycles. The Labute approximate surface area is 157 Å². The summed E-state index contributed by atoms with van der Waals surface area (Å²) in [6, 6.07) is 13.3. The number of aryl methyl sites for hydroxylation is 2. The van der Waals surface area contributed by atoms with Crippen LogP contribution in [-0.4, -0.2) is 28.0 Å². The number of carbonyl (C=O) groups is 1. The highest BCUT2D eigenvalue weighted by molar-refractivity contribution is 6.30. The van der Waals surface area contributed by atoms with Crippen LogP contribution in [0.3, 0.4) is 0 Å². The van der Waals surface area contributed by atoms with Crippen molar-refractivity contribution in [1.29, 1.82) is 0 Å². The zero-order chi connectivity index (χ0) is 18.7. The molecule has 0 spiro atoms. The molecule has 2 aromatic carbocycles. The normalized spacial score (nSPS) is 10.8. The van der Waals surface area contributed by atoms with Crippen LogP contribution in [-0.2, 0) is 17.8 Å². The highest BCUT2D eigenvalue weighted by atomic mass is 35.5. The molecule has 0 aliphatic carbocycles. The van der Waals surface area contributed by atoms with Crippen LogP contribution in [0.4, 0.5) is 0 Å². The first-order chi connectivity index (χ1) is 12.4. The summed E-state index contributed by atoms with van der Waals surface area (Å²) in [7, 11) is 1.73. The Morgan fingerprint density at radius 3 is 2.58 bits per heavy atom. The number of hydrogen-bond acceptors (Lipinski definition) is 4. The Balaban J connectivity index is 1.65. The second-order valence-corrected chi connectivity index (χ2v) is 6.81. The third-order valence-corrected chi connectivity index (χ3v) is 4.46. The molecular weight excluding hydrogens is 350 g/mol. The first kappa shape index (κ1) is 18.1. The molecule has 3 rings (SSSR count). The number of halogens is 1. The molecular formula is C20H20ClN3O2. The average molecular weight is 370 g/mol. The van der Waals surface area contributed by atoms with Crippen molar-refractivity contribution in [3.8, 4) is 11.4 Å². The molecule has 5 nitrogen and oxygen atoms in total. The lowest BCUT2D eigenvalue weighted by molar-refractivity contribution is -0.130. The summed E-state index contributed by atoms with van der Waals surface area (Å²) in [4.78, 5) is 18.4. The van der Waals surface area contributed by atoms with Gasteiger partial charge >= 0.3 is 0 Å². The number of hydrogen-bond donors (Lipinski definition) is 0. The maximum Gasteiger partial charge on any atom is 0.246 e. The fraction of sp³-hybridized carbons (Fsp3) is 0.250. The molecule has 1 heterocycles. The highest BCUT2D eigenvalue weighted by Gasteiger charge is 2.16. The number of likely N-dealkylation sites (N-methyl/N-ethyl adjacent to an activating group) is 1. The van der Waals surface area contributed by atoms with Gasteiger partial charge in [0.2, 0.25) is 17.6 Å². The second-order valence-electron chi connectivity index (χ2n) is 6.38. The van der Waals surface area contributed by atoms with Crippen LogP contribution in [0.15, 0.2) is 47.0 Å². The number of amides is 1. The quantitative estimate of drug-likeness (QED) is 0.676. The Kier molecular flexibility index (Phi) is 5.38. The van der Waals surface area contributed by atoms with Crippen molar-refractivity contribution < 1.29 is 9.32 Å². The summed E-state index contributed by atoms with van der Waals surface area (Å²) in [5, 5.41) is 4.62. The maximum absolute atomic E-state index is 12.5. The third-order valence-electron chi connectivity index (χ3n) is 4.21. The van der Waals surface area contributed by atoms with E-state index in [1.807, 2.05) is 38.1 Å². The largest absolute Gasteiger partial charge is 0.337 e. The number of nitrogens with zero attached hydrogens (tertiary/aromatic N) is 3. The van der Waals surface area contributed by atoms with Crippen molar-refractivity contribution in [3.63, 3.8) is 0 Å². The molecule has 0 bridgehead atoms. The number of rotatable bonds is 5. The molecule has 0 unspecified atom stereocenters. The zero-order valence-electron chi connectivity index (χ0n) is 15.0. The third kappa shape index (κ3) is 4.29. The smallest absolute Gasteiger partial charge is 0.246 e. The van der Waals surface area contributed by atoms with Gasteiger partial charge in [-0.3, -0.25) is 4.79 Å². The summed E-state index contributed by atoms with van der Waals surface area (Å²) in [6.07, 6.45) is 0.348. The standard InChI is InChI=1S/C20H20ClN3O2/c1-13-4-5-16(14(2)10-13)11-19(25)24(3)12-18-22-20(23-26-18)15-6-8-17(21)9-7-15/h4-10H,11-12H2,1-3H3. The van der Waals surface area contributed by atoms with Crippen molar-refractivity contribution in [3.05, 3.63) is 70.1 Å². The Bertz CT molecular complexity index is 919. The summed E-state index contributed by atoms with van der Waals surface area (Å²) >= 11 is 5.89. The lowest BCUT2D eigenvalue weighted by Crippen LogP contribution is -2.28. The minimum atomic E-state index is 0.00296. The van der Waals surface area contributed by atoms with Crippen LogP contribution < -0.4 is 0 Å². The van der Waals surface area contributed by atoms with E-state index in [-0.39, 0.29) is 12.5 Å². The van der Waals surface area contributed by atoms with Gasteiger partial charge in [0.25, 0.3) is 0 Å². The van der Waals surface area contributed by atoms with Crippen LogP contribution >= 0.6 is 11.6 Å². The van der Waals surface area contributed by atoms with Crippen LogP contribution in [0.25, 0.3) is 11.4 Å². The number of aromatic nitrogens is 2. The molecule has 134 valence electrons. The molecule has 0 fully saturated rings. The van der Waals surface area contributed by atoms with Gasteiger partial charge in [-0.25, -0.2) is 0 Å². The Morgan fingerprint density at radius 2 is 1.88 bits per heavy atom. The van der Waals surface area contributed by atoms with E-state index < -0.39 is 0 Å². The molecule has 26 heavy (non-hydrogen) atoms. The maximum atomic E-state index is 12.5. The van der Waals surface area contributed by atoms with E-state index >= 15 is 0 Å². The lowest BCUT2D eigenvalue weighted by Gasteiger charge is -2.15. The molecule has 0 saturated heterocycles. The van der Waals surface area contributed by atoms with E-state index in [9.17, 15) is 4.79 Å². The summed E-state index contributed by atoms with van der Waals surface area (Å²) < 4.78 is 5.27. The number of benzene rings is 2. The molecule has 6 heteroatoms. The van der Waals surface area contributed by atoms with E-state index in [0.717, 1.165) is 16.7 Å². The second kappa shape index (κ2) is 7.70. The van der Waals surface area contributed by atoms with Gasteiger partial charge in [-0.05, 0) is 49.2 Å². The van der Waals surface area contributed by atoms with Crippen molar-refractivity contribution >= 4 is 17.5 Å². The molecule has 0 aliphatic rings.